The molecule has 1 aliphatic heterocycles. The molecule has 0 amide bonds. The first-order valence-electron chi connectivity index (χ1n) is 4.47. The minimum atomic E-state index is -0.560. The van der Waals surface area contributed by atoms with Crippen molar-refractivity contribution in [1.29, 1.82) is 0 Å². The van der Waals surface area contributed by atoms with Gasteiger partial charge in [0.25, 0.3) is 0 Å². The molecule has 1 aromatic carbocycles. The minimum Gasteiger partial charge on any atom is -0.284 e. The third kappa shape index (κ3) is 1.60. The van der Waals surface area contributed by atoms with Crippen molar-refractivity contribution in [2.45, 2.75) is 19.4 Å². The van der Waals surface area contributed by atoms with Gasteiger partial charge >= 0.3 is 0 Å². The van der Waals surface area contributed by atoms with E-state index >= 15 is 0 Å². The molecule has 0 fully saturated rings. The van der Waals surface area contributed by atoms with E-state index in [2.05, 4.69) is 4.99 Å². The van der Waals surface area contributed by atoms with E-state index in [0.717, 1.165) is 10.6 Å². The van der Waals surface area contributed by atoms with Crippen molar-refractivity contribution in [1.82, 2.24) is 0 Å². The predicted molar refractivity (Wildman–Crippen MR) is 59.7 cm³/mol. The molecule has 1 heterocycles. The molecular weight excluding hydrogens is 194 g/mol. The molecule has 0 saturated heterocycles. The van der Waals surface area contributed by atoms with Crippen molar-refractivity contribution < 1.29 is 4.79 Å². The van der Waals surface area contributed by atoms with E-state index in [1.54, 1.807) is 0 Å². The second-order valence-electron chi connectivity index (χ2n) is 3.73. The van der Waals surface area contributed by atoms with Gasteiger partial charge in [-0.15, -0.1) is 0 Å². The molecule has 0 radical (unpaired) electrons. The smallest absolute Gasteiger partial charge is 0.222 e. The van der Waals surface area contributed by atoms with Gasteiger partial charge in [-0.2, -0.15) is 0 Å². The number of carbonyl (C=O) groups excluding carboxylic acids is 1. The Morgan fingerprint density at radius 1 is 1.21 bits per heavy atom. The lowest BCUT2D eigenvalue weighted by Crippen LogP contribution is -2.21. The molecule has 72 valence electrons. The molecule has 1 aromatic rings. The summed E-state index contributed by atoms with van der Waals surface area (Å²) in [5.74, 6) is 0. The van der Waals surface area contributed by atoms with Gasteiger partial charge in [0.05, 0.1) is 0 Å². The van der Waals surface area contributed by atoms with Crippen LogP contribution in [-0.2, 0) is 4.79 Å². The normalized spacial score (nSPS) is 19.6. The van der Waals surface area contributed by atoms with E-state index in [-0.39, 0.29) is 5.12 Å². The number of aliphatic imine (C=N–C) groups is 1. The van der Waals surface area contributed by atoms with Gasteiger partial charge in [-0.25, -0.2) is 0 Å². The fourth-order valence-corrected chi connectivity index (χ4v) is 2.24. The van der Waals surface area contributed by atoms with E-state index in [4.69, 9.17) is 0 Å². The first kappa shape index (κ1) is 9.46. The van der Waals surface area contributed by atoms with Crippen LogP contribution in [0.3, 0.4) is 0 Å². The summed E-state index contributed by atoms with van der Waals surface area (Å²) in [7, 11) is 0. The number of hydrogen-bond acceptors (Lipinski definition) is 3. The third-order valence-corrected chi connectivity index (χ3v) is 3.30. The monoisotopic (exact) mass is 205 g/mol. The number of rotatable bonds is 1. The van der Waals surface area contributed by atoms with E-state index in [1.165, 1.54) is 11.8 Å². The zero-order valence-electron chi connectivity index (χ0n) is 8.15. The summed E-state index contributed by atoms with van der Waals surface area (Å²) < 4.78 is 0. The highest BCUT2D eigenvalue weighted by molar-refractivity contribution is 8.27. The van der Waals surface area contributed by atoms with Crippen molar-refractivity contribution in [3.05, 3.63) is 35.9 Å². The first-order chi connectivity index (χ1) is 6.59. The largest absolute Gasteiger partial charge is 0.284 e. The summed E-state index contributed by atoms with van der Waals surface area (Å²) in [6.45, 7) is 3.69. The number of benzene rings is 1. The Kier molecular flexibility index (Phi) is 2.19. The molecule has 1 aliphatic rings. The van der Waals surface area contributed by atoms with Gasteiger partial charge in [-0.05, 0) is 25.6 Å². The van der Waals surface area contributed by atoms with Crippen molar-refractivity contribution in [3.8, 4) is 0 Å². The fraction of sp³-hybridized carbons (Fsp3) is 0.273. The summed E-state index contributed by atoms with van der Waals surface area (Å²) in [5, 5.41) is 0.956. The number of nitrogens with zero attached hydrogens (tertiary/aromatic N) is 1. The average molecular weight is 205 g/mol. The van der Waals surface area contributed by atoms with Crippen LogP contribution in [-0.4, -0.2) is 15.7 Å². The zero-order valence-corrected chi connectivity index (χ0v) is 8.97. The lowest BCUT2D eigenvalue weighted by molar-refractivity contribution is -0.114. The highest BCUT2D eigenvalue weighted by atomic mass is 32.2. The predicted octanol–water partition coefficient (Wildman–Crippen LogP) is 2.49. The summed E-state index contributed by atoms with van der Waals surface area (Å²) >= 11 is 1.24. The Bertz CT molecular complexity index is 395. The van der Waals surface area contributed by atoms with E-state index in [9.17, 15) is 4.79 Å². The van der Waals surface area contributed by atoms with Gasteiger partial charge in [-0.3, -0.25) is 9.79 Å². The summed E-state index contributed by atoms with van der Waals surface area (Å²) in [4.78, 5) is 15.9. The van der Waals surface area contributed by atoms with Gasteiger partial charge in [0.1, 0.15) is 10.6 Å². The van der Waals surface area contributed by atoms with Crippen LogP contribution in [0.1, 0.15) is 19.4 Å². The van der Waals surface area contributed by atoms with Crippen LogP contribution >= 0.6 is 11.8 Å². The van der Waals surface area contributed by atoms with Gasteiger partial charge in [0.2, 0.25) is 5.12 Å². The molecule has 2 nitrogen and oxygen atoms in total. The van der Waals surface area contributed by atoms with Crippen LogP contribution in [0.15, 0.2) is 35.3 Å². The van der Waals surface area contributed by atoms with Crippen molar-refractivity contribution in [3.63, 3.8) is 0 Å². The fourth-order valence-electron chi connectivity index (χ4n) is 1.24. The molecular formula is C11H11NOS. The second-order valence-corrected chi connectivity index (χ2v) is 4.69. The molecule has 0 aromatic heterocycles. The van der Waals surface area contributed by atoms with Crippen molar-refractivity contribution in [2.75, 3.05) is 0 Å². The van der Waals surface area contributed by atoms with Gasteiger partial charge < -0.3 is 0 Å². The number of carbonyl (C=O) groups is 1. The van der Waals surface area contributed by atoms with Crippen LogP contribution in [0.2, 0.25) is 0 Å². The molecule has 0 unspecified atom stereocenters. The van der Waals surface area contributed by atoms with Crippen LogP contribution in [0.25, 0.3) is 0 Å². The standard InChI is InChI=1S/C11H11NOS/c1-11(2)10(13)14-9(12-11)8-6-4-3-5-7-8/h3-7H,1-2H3. The van der Waals surface area contributed by atoms with Crippen molar-refractivity contribution >= 4 is 21.9 Å². The summed E-state index contributed by atoms with van der Waals surface area (Å²) in [6.07, 6.45) is 0. The molecule has 0 bridgehead atoms. The van der Waals surface area contributed by atoms with Gasteiger partial charge in [0, 0.05) is 5.56 Å². The Morgan fingerprint density at radius 3 is 2.36 bits per heavy atom. The molecule has 0 spiro atoms. The number of thioether (sulfide) groups is 1. The lowest BCUT2D eigenvalue weighted by atomic mass is 10.1. The Morgan fingerprint density at radius 2 is 1.86 bits per heavy atom. The summed E-state index contributed by atoms with van der Waals surface area (Å²) in [6, 6.07) is 9.81. The zero-order chi connectivity index (χ0) is 10.2. The van der Waals surface area contributed by atoms with Crippen LogP contribution in [0, 0.1) is 0 Å². The van der Waals surface area contributed by atoms with Gasteiger partial charge in [0.15, 0.2) is 0 Å². The SMILES string of the molecule is CC1(C)N=C(c2ccccc2)SC1=O. The second kappa shape index (κ2) is 3.24. The van der Waals surface area contributed by atoms with E-state index in [1.807, 2.05) is 44.2 Å². The quantitative estimate of drug-likeness (QED) is 0.705. The highest BCUT2D eigenvalue weighted by Gasteiger charge is 2.35. The maximum Gasteiger partial charge on any atom is 0.222 e. The van der Waals surface area contributed by atoms with Crippen LogP contribution in [0.4, 0.5) is 0 Å². The molecule has 0 saturated carbocycles. The molecule has 2 rings (SSSR count). The Labute approximate surface area is 87.4 Å². The van der Waals surface area contributed by atoms with Crippen LogP contribution in [0.5, 0.6) is 0 Å². The van der Waals surface area contributed by atoms with E-state index in [0.29, 0.717) is 0 Å². The highest BCUT2D eigenvalue weighted by Crippen LogP contribution is 2.31. The maximum atomic E-state index is 11.5. The van der Waals surface area contributed by atoms with Crippen LogP contribution < -0.4 is 0 Å². The maximum absolute atomic E-state index is 11.5. The van der Waals surface area contributed by atoms with Crippen molar-refractivity contribution in [2.24, 2.45) is 4.99 Å². The summed E-state index contributed by atoms with van der Waals surface area (Å²) in [5.41, 5.74) is 0.465. The van der Waals surface area contributed by atoms with Gasteiger partial charge in [-0.1, -0.05) is 30.3 Å². The number of hydrogen-bond donors (Lipinski definition) is 0. The Balaban J connectivity index is 2.36. The average Bonchev–Trinajstić information content (AvgIpc) is 2.43. The molecule has 0 N–H and O–H groups in total. The van der Waals surface area contributed by atoms with E-state index < -0.39 is 5.54 Å². The minimum absolute atomic E-state index is 0.122. The third-order valence-electron chi connectivity index (χ3n) is 2.09. The molecule has 3 heteroatoms. The molecule has 0 aliphatic carbocycles. The Hall–Kier alpha value is -1.09. The topological polar surface area (TPSA) is 29.4 Å². The molecule has 14 heavy (non-hydrogen) atoms. The lowest BCUT2D eigenvalue weighted by Gasteiger charge is -2.07. The molecule has 0 atom stereocenters. The first-order valence-corrected chi connectivity index (χ1v) is 5.29.